The van der Waals surface area contributed by atoms with Gasteiger partial charge in [0.2, 0.25) is 5.54 Å². The van der Waals surface area contributed by atoms with Crippen molar-refractivity contribution in [2.24, 2.45) is 0 Å². The van der Waals surface area contributed by atoms with Gasteiger partial charge in [0, 0.05) is 10.3 Å². The van der Waals surface area contributed by atoms with Gasteiger partial charge >= 0.3 is 5.97 Å². The van der Waals surface area contributed by atoms with Gasteiger partial charge in [0.15, 0.2) is 5.78 Å². The van der Waals surface area contributed by atoms with Crippen molar-refractivity contribution in [3.05, 3.63) is 34.9 Å². The molecule has 1 aromatic rings. The van der Waals surface area contributed by atoms with E-state index in [2.05, 4.69) is 5.32 Å². The number of carbonyl (C=O) groups is 4. The molecule has 2 saturated heterocycles. The van der Waals surface area contributed by atoms with Crippen LogP contribution >= 0.6 is 11.8 Å². The number of hydrogen-bond donors (Lipinski definition) is 2. The van der Waals surface area contributed by atoms with Crippen molar-refractivity contribution in [2.75, 3.05) is 0 Å². The van der Waals surface area contributed by atoms with Gasteiger partial charge in [-0.1, -0.05) is 32.0 Å². The molecule has 2 fully saturated rings. The van der Waals surface area contributed by atoms with Gasteiger partial charge in [-0.2, -0.15) is 0 Å². The minimum absolute atomic E-state index is 0.473. The van der Waals surface area contributed by atoms with Crippen molar-refractivity contribution in [2.45, 2.75) is 69.2 Å². The summed E-state index contributed by atoms with van der Waals surface area (Å²) in [6.45, 7) is 8.61. The van der Waals surface area contributed by atoms with Gasteiger partial charge in [0.1, 0.15) is 11.4 Å². The summed E-state index contributed by atoms with van der Waals surface area (Å²) in [4.78, 5) is 52.0. The van der Waals surface area contributed by atoms with E-state index in [9.17, 15) is 24.3 Å². The lowest BCUT2D eigenvalue weighted by Gasteiger charge is -2.51. The minimum Gasteiger partial charge on any atom is -0.480 e. The van der Waals surface area contributed by atoms with Gasteiger partial charge < -0.3 is 15.3 Å². The third-order valence-electron chi connectivity index (χ3n) is 5.87. The molecule has 0 unspecified atom stereocenters. The summed E-state index contributed by atoms with van der Waals surface area (Å²) in [5.41, 5.74) is 0.426. The average Bonchev–Trinajstić information content (AvgIpc) is 2.93. The Hall–Kier alpha value is -2.35. The summed E-state index contributed by atoms with van der Waals surface area (Å²) in [7, 11) is 0. The smallest absolute Gasteiger partial charge is 0.327 e. The van der Waals surface area contributed by atoms with E-state index in [4.69, 9.17) is 0 Å². The highest BCUT2D eigenvalue weighted by molar-refractivity contribution is 8.01. The van der Waals surface area contributed by atoms with Crippen molar-refractivity contribution >= 4 is 35.3 Å². The molecular weight excluding hydrogens is 392 g/mol. The maximum atomic E-state index is 13.3. The molecule has 0 radical (unpaired) electrons. The highest BCUT2D eigenvalue weighted by Gasteiger charge is 2.74. The maximum Gasteiger partial charge on any atom is 0.327 e. The largest absolute Gasteiger partial charge is 0.480 e. The van der Waals surface area contributed by atoms with Crippen LogP contribution in [0, 0.1) is 0 Å². The quantitative estimate of drug-likeness (QED) is 0.541. The molecule has 0 aromatic heterocycles. The van der Waals surface area contributed by atoms with E-state index in [1.165, 1.54) is 23.6 Å². The predicted octanol–water partition coefficient (Wildman–Crippen LogP) is 2.02. The van der Waals surface area contributed by atoms with Crippen molar-refractivity contribution in [1.29, 1.82) is 0 Å². The van der Waals surface area contributed by atoms with Crippen molar-refractivity contribution in [3.63, 3.8) is 0 Å². The molecule has 2 amide bonds. The highest BCUT2D eigenvalue weighted by Crippen LogP contribution is 2.55. The topological polar surface area (TPSA) is 104 Å². The molecule has 1 aromatic carbocycles. The zero-order valence-corrected chi connectivity index (χ0v) is 18.1. The number of carbonyl (C=O) groups excluding carboxylic acids is 3. The molecule has 3 atom stereocenters. The Morgan fingerprint density at radius 3 is 2.17 bits per heavy atom. The number of fused-ring (bicyclic) bond motifs is 1. The number of aliphatic carboxylic acids is 1. The van der Waals surface area contributed by atoms with Gasteiger partial charge in [-0.3, -0.25) is 14.4 Å². The number of aryl methyl sites for hydroxylation is 2. The van der Waals surface area contributed by atoms with E-state index in [0.29, 0.717) is 18.4 Å². The molecule has 2 N–H and O–H groups in total. The Labute approximate surface area is 174 Å². The molecule has 8 heteroatoms. The summed E-state index contributed by atoms with van der Waals surface area (Å²) in [5.74, 6) is -2.73. The van der Waals surface area contributed by atoms with Gasteiger partial charge in [-0.05, 0) is 44.7 Å². The monoisotopic (exact) mass is 418 g/mol. The molecule has 0 bridgehead atoms. The Bertz CT molecular complexity index is 890. The second kappa shape index (κ2) is 7.16. The molecule has 156 valence electrons. The van der Waals surface area contributed by atoms with E-state index >= 15 is 0 Å². The SMILES string of the molecule is CCc1cccc(CC)c1C(=O)N[C@@]1(C(C)=O)C(=O)N2[C@@H](C(=O)O)C(C)(C)S[C@@H]21. The maximum absolute atomic E-state index is 13.3. The molecule has 2 aliphatic rings. The second-order valence-corrected chi connectivity index (χ2v) is 9.74. The summed E-state index contributed by atoms with van der Waals surface area (Å²) in [6, 6.07) is 4.55. The lowest BCUT2D eigenvalue weighted by molar-refractivity contribution is -0.170. The first-order chi connectivity index (χ1) is 13.5. The van der Waals surface area contributed by atoms with Crippen LogP contribution in [0.1, 0.15) is 56.1 Å². The number of Topliss-reactive ketones (excluding diaryl/α,β-unsaturated/α-hetero) is 1. The Kier molecular flexibility index (Phi) is 5.28. The van der Waals surface area contributed by atoms with Crippen LogP contribution in [0.3, 0.4) is 0 Å². The lowest BCUT2D eigenvalue weighted by Crippen LogP contribution is -2.82. The lowest BCUT2D eigenvalue weighted by atomic mass is 9.81. The third kappa shape index (κ3) is 2.96. The number of hydrogen-bond acceptors (Lipinski definition) is 5. The second-order valence-electron chi connectivity index (χ2n) is 8.00. The van der Waals surface area contributed by atoms with E-state index in [-0.39, 0.29) is 0 Å². The Morgan fingerprint density at radius 2 is 1.72 bits per heavy atom. The molecule has 0 spiro atoms. The minimum atomic E-state index is -1.74. The number of nitrogens with one attached hydrogen (secondary N) is 1. The number of thioether (sulfide) groups is 1. The van der Waals surface area contributed by atoms with Crippen LogP contribution in [0.2, 0.25) is 0 Å². The molecule has 3 rings (SSSR count). The normalized spacial score (nSPS) is 27.2. The summed E-state index contributed by atoms with van der Waals surface area (Å²) in [6.07, 6.45) is 1.27. The number of β-lactam (4-membered cyclic amide) rings is 1. The van der Waals surface area contributed by atoms with Crippen LogP contribution in [0.15, 0.2) is 18.2 Å². The molecule has 29 heavy (non-hydrogen) atoms. The standard InChI is InChI=1S/C21H26N2O5S/c1-6-12-9-8-10-13(7-2)14(12)16(25)22-21(11(3)24)18(28)23-15(17(26)27)20(4,5)29-19(21)23/h8-10,15,19H,6-7H2,1-5H3,(H,22,25)(H,26,27)/t15-,19+,21-/m0/s1. The number of ketones is 1. The van der Waals surface area contributed by atoms with E-state index < -0.39 is 45.3 Å². The van der Waals surface area contributed by atoms with E-state index in [1.807, 2.05) is 32.0 Å². The number of amides is 2. The van der Waals surface area contributed by atoms with Crippen molar-refractivity contribution in [3.8, 4) is 0 Å². The molecular formula is C21H26N2O5S. The summed E-state index contributed by atoms with van der Waals surface area (Å²) in [5, 5.41) is 11.6. The van der Waals surface area contributed by atoms with Gasteiger partial charge in [-0.25, -0.2) is 4.79 Å². The number of nitrogens with zero attached hydrogens (tertiary/aromatic N) is 1. The number of rotatable bonds is 6. The van der Waals surface area contributed by atoms with Crippen LogP contribution in [0.4, 0.5) is 0 Å². The average molecular weight is 419 g/mol. The Morgan fingerprint density at radius 1 is 1.17 bits per heavy atom. The molecule has 2 aliphatic heterocycles. The summed E-state index contributed by atoms with van der Waals surface area (Å²) >= 11 is 1.24. The first-order valence-electron chi connectivity index (χ1n) is 9.70. The zero-order valence-electron chi connectivity index (χ0n) is 17.2. The van der Waals surface area contributed by atoms with Crippen molar-refractivity contribution in [1.82, 2.24) is 10.2 Å². The fourth-order valence-electron chi connectivity index (χ4n) is 4.36. The third-order valence-corrected chi connectivity index (χ3v) is 7.51. The van der Waals surface area contributed by atoms with Gasteiger partial charge in [0.05, 0.1) is 0 Å². The van der Waals surface area contributed by atoms with Crippen LogP contribution in [-0.4, -0.2) is 55.3 Å². The van der Waals surface area contributed by atoms with Crippen LogP contribution in [0.25, 0.3) is 0 Å². The fourth-order valence-corrected chi connectivity index (χ4v) is 6.12. The molecule has 0 saturated carbocycles. The predicted molar refractivity (Wildman–Crippen MR) is 110 cm³/mol. The van der Waals surface area contributed by atoms with Crippen LogP contribution in [-0.2, 0) is 27.2 Å². The first-order valence-corrected chi connectivity index (χ1v) is 10.6. The number of carboxylic acids is 1. The van der Waals surface area contributed by atoms with Gasteiger partial charge in [0.25, 0.3) is 11.8 Å². The van der Waals surface area contributed by atoms with E-state index in [1.54, 1.807) is 13.8 Å². The van der Waals surface area contributed by atoms with Crippen LogP contribution in [0.5, 0.6) is 0 Å². The molecule has 7 nitrogen and oxygen atoms in total. The number of benzene rings is 1. The van der Waals surface area contributed by atoms with E-state index in [0.717, 1.165) is 11.1 Å². The zero-order chi connectivity index (χ0) is 21.7. The van der Waals surface area contributed by atoms with Crippen molar-refractivity contribution < 1.29 is 24.3 Å². The first kappa shape index (κ1) is 21.4. The van der Waals surface area contributed by atoms with Crippen LogP contribution < -0.4 is 5.32 Å². The Balaban J connectivity index is 2.02. The fraction of sp³-hybridized carbons (Fsp3) is 0.524. The molecule has 0 aliphatic carbocycles. The highest BCUT2D eigenvalue weighted by atomic mass is 32.2. The van der Waals surface area contributed by atoms with Gasteiger partial charge in [-0.15, -0.1) is 11.8 Å². The summed E-state index contributed by atoms with van der Waals surface area (Å²) < 4.78 is -0.788. The number of carboxylic acid groups (broad SMARTS) is 1. The molecule has 2 heterocycles.